The molecule has 1 aromatic carbocycles. The molecule has 0 aliphatic rings. The number of unbranched alkanes of at least 4 members (excludes halogenated alkanes) is 1. The van der Waals surface area contributed by atoms with Crippen LogP contribution in [0.25, 0.3) is 0 Å². The minimum Gasteiger partial charge on any atom is -0.321 e. The lowest BCUT2D eigenvalue weighted by atomic mass is 10.1. The third kappa shape index (κ3) is 3.61. The van der Waals surface area contributed by atoms with Gasteiger partial charge in [0.1, 0.15) is 0 Å². The second kappa shape index (κ2) is 6.20. The summed E-state index contributed by atoms with van der Waals surface area (Å²) < 4.78 is 24.2. The number of carbonyl (C=O) groups is 1. The first-order valence-corrected chi connectivity index (χ1v) is 5.32. The van der Waals surface area contributed by atoms with Crippen LogP contribution in [0.15, 0.2) is 24.3 Å². The summed E-state index contributed by atoms with van der Waals surface area (Å²) in [6, 6.07) is 7.04. The molecule has 0 saturated carbocycles. The van der Waals surface area contributed by atoms with Gasteiger partial charge in [-0.1, -0.05) is 31.5 Å². The number of alkyl halides is 2. The van der Waals surface area contributed by atoms with Crippen LogP contribution in [0, 0.1) is 0 Å². The molecule has 0 fully saturated rings. The Labute approximate surface area is 93.7 Å². The monoisotopic (exact) mass is 227 g/mol. The molecule has 0 bridgehead atoms. The maximum atomic E-state index is 12.1. The van der Waals surface area contributed by atoms with E-state index in [1.807, 2.05) is 12.1 Å². The molecule has 88 valence electrons. The fourth-order valence-electron chi connectivity index (χ4n) is 1.41. The molecule has 1 rings (SSSR count). The van der Waals surface area contributed by atoms with E-state index in [0.29, 0.717) is 5.69 Å². The molecule has 0 unspecified atom stereocenters. The van der Waals surface area contributed by atoms with Crippen molar-refractivity contribution in [1.29, 1.82) is 0 Å². The van der Waals surface area contributed by atoms with Crippen molar-refractivity contribution >= 4 is 11.6 Å². The maximum absolute atomic E-state index is 12.1. The van der Waals surface area contributed by atoms with Crippen LogP contribution in [0.3, 0.4) is 0 Å². The number of aryl methyl sites for hydroxylation is 1. The third-order valence-corrected chi connectivity index (χ3v) is 2.27. The number of para-hydroxylation sites is 1. The molecule has 1 aromatic rings. The molecule has 0 radical (unpaired) electrons. The molecule has 0 saturated heterocycles. The predicted octanol–water partition coefficient (Wildman–Crippen LogP) is 3.23. The van der Waals surface area contributed by atoms with Gasteiger partial charge in [-0.25, -0.2) is 0 Å². The Morgan fingerprint density at radius 2 is 2.06 bits per heavy atom. The molecule has 16 heavy (non-hydrogen) atoms. The normalized spacial score (nSPS) is 10.5. The highest BCUT2D eigenvalue weighted by atomic mass is 19.3. The van der Waals surface area contributed by atoms with Crippen LogP contribution in [0.5, 0.6) is 0 Å². The Bertz CT molecular complexity index is 353. The average Bonchev–Trinajstić information content (AvgIpc) is 2.27. The van der Waals surface area contributed by atoms with Crippen LogP contribution < -0.4 is 5.32 Å². The van der Waals surface area contributed by atoms with Gasteiger partial charge in [0, 0.05) is 5.69 Å². The number of amides is 1. The van der Waals surface area contributed by atoms with E-state index in [1.54, 1.807) is 12.1 Å². The van der Waals surface area contributed by atoms with Crippen molar-refractivity contribution < 1.29 is 13.6 Å². The second-order valence-electron chi connectivity index (χ2n) is 3.55. The van der Waals surface area contributed by atoms with Crippen molar-refractivity contribution in [3.63, 3.8) is 0 Å². The zero-order valence-corrected chi connectivity index (χ0v) is 9.17. The molecule has 0 atom stereocenters. The van der Waals surface area contributed by atoms with Gasteiger partial charge in [-0.05, 0) is 24.5 Å². The van der Waals surface area contributed by atoms with E-state index >= 15 is 0 Å². The lowest BCUT2D eigenvalue weighted by Gasteiger charge is -2.10. The summed E-state index contributed by atoms with van der Waals surface area (Å²) in [5, 5.41) is 2.23. The molecule has 0 heterocycles. The van der Waals surface area contributed by atoms with Crippen LogP contribution in [-0.4, -0.2) is 12.3 Å². The predicted molar refractivity (Wildman–Crippen MR) is 59.7 cm³/mol. The zero-order chi connectivity index (χ0) is 12.0. The minimum atomic E-state index is -2.97. The van der Waals surface area contributed by atoms with E-state index in [4.69, 9.17) is 0 Å². The summed E-state index contributed by atoms with van der Waals surface area (Å²) in [5.41, 5.74) is 1.39. The van der Waals surface area contributed by atoms with Crippen LogP contribution in [0.1, 0.15) is 25.3 Å². The fraction of sp³-hybridized carbons (Fsp3) is 0.417. The first kappa shape index (κ1) is 12.6. The number of anilines is 1. The highest BCUT2D eigenvalue weighted by Gasteiger charge is 2.16. The van der Waals surface area contributed by atoms with E-state index in [9.17, 15) is 13.6 Å². The van der Waals surface area contributed by atoms with Crippen molar-refractivity contribution in [2.75, 3.05) is 5.32 Å². The van der Waals surface area contributed by atoms with Crippen LogP contribution in [0.2, 0.25) is 0 Å². The maximum Gasteiger partial charge on any atom is 0.315 e. The summed E-state index contributed by atoms with van der Waals surface area (Å²) >= 11 is 0. The molecule has 2 nitrogen and oxygen atoms in total. The summed E-state index contributed by atoms with van der Waals surface area (Å²) in [6.45, 7) is 2.06. The largest absolute Gasteiger partial charge is 0.321 e. The van der Waals surface area contributed by atoms with Crippen molar-refractivity contribution in [1.82, 2.24) is 0 Å². The van der Waals surface area contributed by atoms with Crippen molar-refractivity contribution in [3.8, 4) is 0 Å². The van der Waals surface area contributed by atoms with Crippen LogP contribution in [0.4, 0.5) is 14.5 Å². The molecule has 1 amide bonds. The summed E-state index contributed by atoms with van der Waals surface area (Å²) in [6.07, 6.45) is -0.186. The number of nitrogens with one attached hydrogen (secondary N) is 1. The average molecular weight is 227 g/mol. The van der Waals surface area contributed by atoms with Crippen molar-refractivity contribution in [3.05, 3.63) is 29.8 Å². The molecule has 1 N–H and O–H groups in total. The molecule has 0 aromatic heterocycles. The van der Waals surface area contributed by atoms with Gasteiger partial charge in [0.05, 0.1) is 0 Å². The van der Waals surface area contributed by atoms with E-state index in [-0.39, 0.29) is 0 Å². The van der Waals surface area contributed by atoms with Crippen LogP contribution >= 0.6 is 0 Å². The number of benzene rings is 1. The van der Waals surface area contributed by atoms with Gasteiger partial charge in [-0.2, -0.15) is 8.78 Å². The van der Waals surface area contributed by atoms with Crippen LogP contribution in [-0.2, 0) is 11.2 Å². The Kier molecular flexibility index (Phi) is 4.89. The number of rotatable bonds is 5. The number of carbonyl (C=O) groups excluding carboxylic acids is 1. The molecule has 0 aliphatic heterocycles. The Morgan fingerprint density at radius 3 is 2.69 bits per heavy atom. The lowest BCUT2D eigenvalue weighted by molar-refractivity contribution is -0.126. The van der Waals surface area contributed by atoms with Gasteiger partial charge in [0.15, 0.2) is 0 Å². The first-order valence-electron chi connectivity index (χ1n) is 5.32. The van der Waals surface area contributed by atoms with Gasteiger partial charge in [-0.15, -0.1) is 0 Å². The van der Waals surface area contributed by atoms with Crippen molar-refractivity contribution in [2.45, 2.75) is 32.6 Å². The van der Waals surface area contributed by atoms with E-state index in [2.05, 4.69) is 12.2 Å². The van der Waals surface area contributed by atoms with Gasteiger partial charge in [0.2, 0.25) is 0 Å². The molecule has 4 heteroatoms. The third-order valence-electron chi connectivity index (χ3n) is 2.27. The lowest BCUT2D eigenvalue weighted by Crippen LogP contribution is -2.20. The molecular weight excluding hydrogens is 212 g/mol. The van der Waals surface area contributed by atoms with E-state index < -0.39 is 12.3 Å². The molecule has 0 spiro atoms. The zero-order valence-electron chi connectivity index (χ0n) is 9.17. The Hall–Kier alpha value is -1.45. The summed E-state index contributed by atoms with van der Waals surface area (Å²) in [7, 11) is 0. The SMILES string of the molecule is CCCCc1ccccc1NC(=O)C(F)F. The summed E-state index contributed by atoms with van der Waals surface area (Å²) in [5.74, 6) is -1.25. The number of hydrogen-bond donors (Lipinski definition) is 1. The number of hydrogen-bond acceptors (Lipinski definition) is 1. The van der Waals surface area contributed by atoms with Gasteiger partial charge in [0.25, 0.3) is 5.91 Å². The topological polar surface area (TPSA) is 29.1 Å². The highest BCUT2D eigenvalue weighted by molar-refractivity contribution is 5.93. The molecular formula is C12H15F2NO. The van der Waals surface area contributed by atoms with Gasteiger partial charge >= 0.3 is 6.43 Å². The fourth-order valence-corrected chi connectivity index (χ4v) is 1.41. The standard InChI is InChI=1S/C12H15F2NO/c1-2-3-6-9-7-4-5-8-10(9)15-12(16)11(13)14/h4-5,7-8,11H,2-3,6H2,1H3,(H,15,16). The Morgan fingerprint density at radius 1 is 1.38 bits per heavy atom. The van der Waals surface area contributed by atoms with E-state index in [1.165, 1.54) is 0 Å². The van der Waals surface area contributed by atoms with Gasteiger partial charge < -0.3 is 5.32 Å². The second-order valence-corrected chi connectivity index (χ2v) is 3.55. The van der Waals surface area contributed by atoms with E-state index in [0.717, 1.165) is 24.8 Å². The number of halogens is 2. The quantitative estimate of drug-likeness (QED) is 0.822. The Balaban J connectivity index is 2.74. The smallest absolute Gasteiger partial charge is 0.315 e. The first-order chi connectivity index (χ1) is 7.65. The van der Waals surface area contributed by atoms with Crippen molar-refractivity contribution in [2.24, 2.45) is 0 Å². The highest BCUT2D eigenvalue weighted by Crippen LogP contribution is 2.18. The van der Waals surface area contributed by atoms with Gasteiger partial charge in [-0.3, -0.25) is 4.79 Å². The molecule has 0 aliphatic carbocycles. The summed E-state index contributed by atoms with van der Waals surface area (Å²) in [4.78, 5) is 10.9. The minimum absolute atomic E-state index is 0.487.